The Morgan fingerprint density at radius 2 is 2.10 bits per heavy atom. The van der Waals surface area contributed by atoms with E-state index in [1.807, 2.05) is 20.9 Å². The molecule has 0 radical (unpaired) electrons. The first kappa shape index (κ1) is 14.9. The van der Waals surface area contributed by atoms with Gasteiger partial charge < -0.3 is 14.8 Å². The first-order valence-electron chi connectivity index (χ1n) is 6.73. The molecule has 1 aliphatic heterocycles. The van der Waals surface area contributed by atoms with E-state index in [-0.39, 0.29) is 11.7 Å². The maximum atomic E-state index is 11.0. The zero-order valence-electron chi connectivity index (χ0n) is 12.0. The summed E-state index contributed by atoms with van der Waals surface area (Å²) in [7, 11) is 1.86. The Balaban J connectivity index is 2.36. The van der Waals surface area contributed by atoms with E-state index in [1.54, 1.807) is 12.1 Å². The second kappa shape index (κ2) is 5.87. The Morgan fingerprint density at radius 1 is 1.45 bits per heavy atom. The molecule has 1 aliphatic rings. The van der Waals surface area contributed by atoms with Gasteiger partial charge in [-0.25, -0.2) is 0 Å². The van der Waals surface area contributed by atoms with E-state index in [4.69, 9.17) is 9.47 Å². The van der Waals surface area contributed by atoms with Gasteiger partial charge in [0.15, 0.2) is 5.79 Å². The highest BCUT2D eigenvalue weighted by atomic mass is 16.7. The molecule has 0 aliphatic carbocycles. The van der Waals surface area contributed by atoms with Crippen LogP contribution in [-0.2, 0) is 15.3 Å². The van der Waals surface area contributed by atoms with Crippen molar-refractivity contribution in [2.45, 2.75) is 32.1 Å². The highest BCUT2D eigenvalue weighted by molar-refractivity contribution is 5.41. The minimum Gasteiger partial charge on any atom is -0.344 e. The zero-order chi connectivity index (χ0) is 14.8. The molecule has 1 fully saturated rings. The molecule has 1 saturated heterocycles. The fourth-order valence-electron chi connectivity index (χ4n) is 2.41. The zero-order valence-corrected chi connectivity index (χ0v) is 12.0. The molecule has 0 aromatic heterocycles. The average Bonchev–Trinajstić information content (AvgIpc) is 2.47. The second-order valence-electron chi connectivity index (χ2n) is 4.97. The number of nitro groups is 1. The molecule has 2 rings (SSSR count). The van der Waals surface area contributed by atoms with Crippen molar-refractivity contribution in [1.29, 1.82) is 0 Å². The summed E-state index contributed by atoms with van der Waals surface area (Å²) in [6.07, 6.45) is 0.603. The van der Waals surface area contributed by atoms with Gasteiger partial charge in [0.2, 0.25) is 0 Å². The summed E-state index contributed by atoms with van der Waals surface area (Å²) in [5, 5.41) is 14.1. The van der Waals surface area contributed by atoms with Gasteiger partial charge in [-0.1, -0.05) is 13.0 Å². The summed E-state index contributed by atoms with van der Waals surface area (Å²) in [6, 6.07) is 4.94. The minimum absolute atomic E-state index is 0.0568. The summed E-state index contributed by atoms with van der Waals surface area (Å²) >= 11 is 0. The maximum Gasteiger partial charge on any atom is 0.269 e. The van der Waals surface area contributed by atoms with Crippen LogP contribution in [0.4, 0.5) is 5.69 Å². The number of nitrogens with zero attached hydrogens (tertiary/aromatic N) is 1. The molecule has 1 aromatic rings. The largest absolute Gasteiger partial charge is 0.344 e. The highest BCUT2D eigenvalue weighted by Gasteiger charge is 2.39. The van der Waals surface area contributed by atoms with Crippen LogP contribution >= 0.6 is 0 Å². The topological polar surface area (TPSA) is 73.6 Å². The third-order valence-electron chi connectivity index (χ3n) is 3.75. The summed E-state index contributed by atoms with van der Waals surface area (Å²) < 4.78 is 11.8. The minimum atomic E-state index is -0.885. The van der Waals surface area contributed by atoms with Crippen LogP contribution in [0.15, 0.2) is 18.2 Å². The van der Waals surface area contributed by atoms with Crippen molar-refractivity contribution in [2.75, 3.05) is 20.3 Å². The standard InChI is InChI=1S/C14H20N2O4/c1-4-14(19-8-11(15-3)9-20-14)13-7-12(16(17)18)6-5-10(13)2/h5-7,11,15H,4,8-9H2,1-3H3. The van der Waals surface area contributed by atoms with Gasteiger partial charge in [-0.3, -0.25) is 10.1 Å². The number of benzene rings is 1. The second-order valence-corrected chi connectivity index (χ2v) is 4.97. The van der Waals surface area contributed by atoms with Crippen LogP contribution < -0.4 is 5.32 Å². The lowest BCUT2D eigenvalue weighted by Crippen LogP contribution is -2.48. The van der Waals surface area contributed by atoms with Gasteiger partial charge in [-0.2, -0.15) is 0 Å². The first-order valence-corrected chi connectivity index (χ1v) is 6.73. The first-order chi connectivity index (χ1) is 9.52. The number of hydrogen-bond acceptors (Lipinski definition) is 5. The van der Waals surface area contributed by atoms with Crippen LogP contribution in [0, 0.1) is 17.0 Å². The lowest BCUT2D eigenvalue weighted by molar-refractivity contribution is -0.385. The van der Waals surface area contributed by atoms with E-state index in [1.165, 1.54) is 6.07 Å². The van der Waals surface area contributed by atoms with Gasteiger partial charge in [0.05, 0.1) is 24.2 Å². The van der Waals surface area contributed by atoms with E-state index in [9.17, 15) is 10.1 Å². The lowest BCUT2D eigenvalue weighted by atomic mass is 9.96. The monoisotopic (exact) mass is 280 g/mol. The molecule has 0 amide bonds. The lowest BCUT2D eigenvalue weighted by Gasteiger charge is -2.40. The molecule has 0 saturated carbocycles. The molecule has 20 heavy (non-hydrogen) atoms. The number of non-ortho nitro benzene ring substituents is 1. The fraction of sp³-hybridized carbons (Fsp3) is 0.571. The highest BCUT2D eigenvalue weighted by Crippen LogP contribution is 2.37. The van der Waals surface area contributed by atoms with Gasteiger partial charge >= 0.3 is 0 Å². The van der Waals surface area contributed by atoms with Gasteiger partial charge in [0, 0.05) is 24.1 Å². The van der Waals surface area contributed by atoms with Crippen molar-refractivity contribution in [1.82, 2.24) is 5.32 Å². The predicted molar refractivity (Wildman–Crippen MR) is 74.6 cm³/mol. The number of rotatable bonds is 4. The maximum absolute atomic E-state index is 11.0. The molecule has 0 atom stereocenters. The Hall–Kier alpha value is -1.50. The quantitative estimate of drug-likeness (QED) is 0.675. The summed E-state index contributed by atoms with van der Waals surface area (Å²) in [6.45, 7) is 4.91. The molecule has 0 bridgehead atoms. The number of hydrogen-bond donors (Lipinski definition) is 1. The van der Waals surface area contributed by atoms with Crippen molar-refractivity contribution in [2.24, 2.45) is 0 Å². The van der Waals surface area contributed by atoms with Crippen LogP contribution in [0.25, 0.3) is 0 Å². The third kappa shape index (κ3) is 2.67. The molecule has 1 heterocycles. The van der Waals surface area contributed by atoms with Crippen LogP contribution in [0.5, 0.6) is 0 Å². The van der Waals surface area contributed by atoms with Crippen molar-refractivity contribution in [3.63, 3.8) is 0 Å². The van der Waals surface area contributed by atoms with Gasteiger partial charge in [-0.05, 0) is 19.5 Å². The van der Waals surface area contributed by atoms with Crippen LogP contribution in [-0.4, -0.2) is 31.2 Å². The molecule has 110 valence electrons. The Kier molecular flexibility index (Phi) is 4.37. The molecule has 0 spiro atoms. The van der Waals surface area contributed by atoms with Crippen LogP contribution in [0.1, 0.15) is 24.5 Å². The van der Waals surface area contributed by atoms with Crippen molar-refractivity contribution < 1.29 is 14.4 Å². The van der Waals surface area contributed by atoms with Gasteiger partial charge in [0.25, 0.3) is 5.69 Å². The van der Waals surface area contributed by atoms with Gasteiger partial charge in [0.1, 0.15) is 0 Å². The molecule has 1 aromatic carbocycles. The number of likely N-dealkylation sites (N-methyl/N-ethyl adjacent to an activating group) is 1. The Bertz CT molecular complexity index is 496. The third-order valence-corrected chi connectivity index (χ3v) is 3.75. The Labute approximate surface area is 118 Å². The molecular weight excluding hydrogens is 260 g/mol. The van der Waals surface area contributed by atoms with E-state index >= 15 is 0 Å². The Morgan fingerprint density at radius 3 is 2.60 bits per heavy atom. The summed E-state index contributed by atoms with van der Waals surface area (Å²) in [4.78, 5) is 10.6. The van der Waals surface area contributed by atoms with Gasteiger partial charge in [-0.15, -0.1) is 0 Å². The molecule has 6 nitrogen and oxygen atoms in total. The fourth-order valence-corrected chi connectivity index (χ4v) is 2.41. The normalized spacial score (nSPS) is 26.4. The predicted octanol–water partition coefficient (Wildman–Crippen LogP) is 2.10. The molecule has 1 N–H and O–H groups in total. The van der Waals surface area contributed by atoms with Crippen molar-refractivity contribution in [3.8, 4) is 0 Å². The average molecular weight is 280 g/mol. The van der Waals surface area contributed by atoms with Crippen molar-refractivity contribution >= 4 is 5.69 Å². The molecule has 0 unspecified atom stereocenters. The van der Waals surface area contributed by atoms with Crippen molar-refractivity contribution in [3.05, 3.63) is 39.4 Å². The summed E-state index contributed by atoms with van der Waals surface area (Å²) in [5.41, 5.74) is 1.73. The van der Waals surface area contributed by atoms with E-state index in [2.05, 4.69) is 5.32 Å². The van der Waals surface area contributed by atoms with E-state index in [0.717, 1.165) is 11.1 Å². The SMILES string of the molecule is CCC1(c2cc([N+](=O)[O-])ccc2C)OCC(NC)CO1. The molecule has 6 heteroatoms. The number of ether oxygens (including phenoxy) is 2. The number of nitrogens with one attached hydrogen (secondary N) is 1. The summed E-state index contributed by atoms with van der Waals surface area (Å²) in [5.74, 6) is -0.885. The van der Waals surface area contributed by atoms with Crippen LogP contribution in [0.3, 0.4) is 0 Å². The number of nitro benzene ring substituents is 1. The van der Waals surface area contributed by atoms with E-state index in [0.29, 0.717) is 19.6 Å². The smallest absolute Gasteiger partial charge is 0.269 e. The van der Waals surface area contributed by atoms with E-state index < -0.39 is 10.7 Å². The van der Waals surface area contributed by atoms with Crippen LogP contribution in [0.2, 0.25) is 0 Å². The molecular formula is C14H20N2O4. The number of aryl methyl sites for hydroxylation is 1.